The maximum absolute atomic E-state index is 12.9. The average molecular weight is 386 g/mol. The van der Waals surface area contributed by atoms with Crippen molar-refractivity contribution in [3.8, 4) is 0 Å². The first-order valence-corrected chi connectivity index (χ1v) is 10.4. The van der Waals surface area contributed by atoms with Crippen LogP contribution in [0.2, 0.25) is 0 Å². The molecule has 2 atom stereocenters. The smallest absolute Gasteiger partial charge is 0.348 e. The second kappa shape index (κ2) is 8.21. The number of halogens is 3. The number of carbonyl (C=O) groups excluding carboxylic acids is 1. The van der Waals surface area contributed by atoms with Crippen LogP contribution in [0.4, 0.5) is 13.2 Å². The van der Waals surface area contributed by atoms with Gasteiger partial charge in [-0.15, -0.1) is 11.8 Å². The van der Waals surface area contributed by atoms with Gasteiger partial charge in [-0.25, -0.2) is 0 Å². The molecule has 1 aromatic carbocycles. The van der Waals surface area contributed by atoms with Crippen LogP contribution in [0.1, 0.15) is 54.4 Å². The number of benzene rings is 1. The summed E-state index contributed by atoms with van der Waals surface area (Å²) in [4.78, 5) is 15.6. The van der Waals surface area contributed by atoms with Gasteiger partial charge in [0.2, 0.25) is 0 Å². The highest BCUT2D eigenvalue weighted by atomic mass is 32.2. The third kappa shape index (κ3) is 4.36. The maximum Gasteiger partial charge on any atom is 0.416 e. The Morgan fingerprint density at radius 1 is 1.15 bits per heavy atom. The molecule has 1 aliphatic carbocycles. The molecule has 0 radical (unpaired) electrons. The molecule has 7 heteroatoms. The molecule has 3 nitrogen and oxygen atoms in total. The number of hydrogen-bond donors (Lipinski definition) is 1. The van der Waals surface area contributed by atoms with E-state index in [1.807, 2.05) is 0 Å². The predicted octanol–water partition coefficient (Wildman–Crippen LogP) is 4.56. The van der Waals surface area contributed by atoms with Crippen LogP contribution in [0.15, 0.2) is 23.1 Å². The van der Waals surface area contributed by atoms with Crippen molar-refractivity contribution in [2.45, 2.75) is 61.7 Å². The first kappa shape index (κ1) is 19.5. The molecule has 1 heterocycles. The van der Waals surface area contributed by atoms with E-state index in [1.165, 1.54) is 37.1 Å². The number of likely N-dealkylation sites (tertiary alicyclic amines) is 1. The molecule has 0 spiro atoms. The van der Waals surface area contributed by atoms with Gasteiger partial charge >= 0.3 is 6.18 Å². The molecule has 2 aliphatic rings. The normalized spacial score (nSPS) is 24.6. The van der Waals surface area contributed by atoms with E-state index in [-0.39, 0.29) is 11.9 Å². The van der Waals surface area contributed by atoms with Gasteiger partial charge < -0.3 is 5.32 Å². The molecular weight excluding hydrogens is 361 g/mol. The molecule has 1 amide bonds. The summed E-state index contributed by atoms with van der Waals surface area (Å²) in [5, 5.41) is 3.12. The van der Waals surface area contributed by atoms with Crippen LogP contribution in [0.25, 0.3) is 0 Å². The van der Waals surface area contributed by atoms with E-state index in [4.69, 9.17) is 0 Å². The van der Waals surface area contributed by atoms with Crippen molar-refractivity contribution < 1.29 is 18.0 Å². The van der Waals surface area contributed by atoms with E-state index in [2.05, 4.69) is 10.2 Å². The van der Waals surface area contributed by atoms with Gasteiger partial charge in [-0.1, -0.05) is 12.8 Å². The molecule has 0 unspecified atom stereocenters. The van der Waals surface area contributed by atoms with Gasteiger partial charge in [-0.2, -0.15) is 13.2 Å². The number of alkyl halides is 3. The third-order valence-electron chi connectivity index (χ3n) is 5.43. The maximum atomic E-state index is 12.9. The first-order chi connectivity index (χ1) is 12.4. The van der Waals surface area contributed by atoms with E-state index in [1.54, 1.807) is 6.26 Å². The number of rotatable bonds is 4. The monoisotopic (exact) mass is 386 g/mol. The zero-order valence-corrected chi connectivity index (χ0v) is 15.8. The second-order valence-corrected chi connectivity index (χ2v) is 7.94. The van der Waals surface area contributed by atoms with Gasteiger partial charge in [0.1, 0.15) is 0 Å². The van der Waals surface area contributed by atoms with Crippen molar-refractivity contribution >= 4 is 17.7 Å². The summed E-state index contributed by atoms with van der Waals surface area (Å²) in [6.07, 6.45) is 3.96. The lowest BCUT2D eigenvalue weighted by atomic mass is 9.89. The predicted molar refractivity (Wildman–Crippen MR) is 97.5 cm³/mol. The highest BCUT2D eigenvalue weighted by Crippen LogP contribution is 2.33. The zero-order chi connectivity index (χ0) is 18.7. The van der Waals surface area contributed by atoms with Gasteiger partial charge in [0.25, 0.3) is 5.91 Å². The Balaban J connectivity index is 1.76. The summed E-state index contributed by atoms with van der Waals surface area (Å²) in [6.45, 7) is 2.15. The summed E-state index contributed by atoms with van der Waals surface area (Å²) in [7, 11) is 0. The van der Waals surface area contributed by atoms with Gasteiger partial charge in [0.15, 0.2) is 0 Å². The fourth-order valence-electron chi connectivity index (χ4n) is 4.09. The fourth-order valence-corrected chi connectivity index (χ4v) is 4.72. The molecule has 1 aromatic rings. The molecule has 2 fully saturated rings. The molecule has 144 valence electrons. The third-order valence-corrected chi connectivity index (χ3v) is 6.21. The lowest BCUT2D eigenvalue weighted by molar-refractivity contribution is -0.137. The minimum absolute atomic E-state index is 0.0753. The van der Waals surface area contributed by atoms with E-state index in [9.17, 15) is 18.0 Å². The topological polar surface area (TPSA) is 32.3 Å². The van der Waals surface area contributed by atoms with Gasteiger partial charge in [-0.05, 0) is 63.2 Å². The number of thioether (sulfide) groups is 1. The molecule has 1 saturated heterocycles. The molecule has 1 saturated carbocycles. The SMILES string of the molecule is CSc1cc(C(F)(F)F)ccc1C(=O)N[C@@H]1CCCC[C@H]1N1CCCC1. The van der Waals surface area contributed by atoms with Crippen LogP contribution >= 0.6 is 11.8 Å². The van der Waals surface area contributed by atoms with Crippen molar-refractivity contribution in [3.05, 3.63) is 29.3 Å². The van der Waals surface area contributed by atoms with E-state index in [0.717, 1.165) is 44.5 Å². The fraction of sp³-hybridized carbons (Fsp3) is 0.632. The van der Waals surface area contributed by atoms with Crippen LogP contribution in [0.5, 0.6) is 0 Å². The molecule has 1 N–H and O–H groups in total. The number of nitrogens with zero attached hydrogens (tertiary/aromatic N) is 1. The molecule has 26 heavy (non-hydrogen) atoms. The highest BCUT2D eigenvalue weighted by molar-refractivity contribution is 7.98. The number of amides is 1. The van der Waals surface area contributed by atoms with E-state index >= 15 is 0 Å². The molecule has 0 aromatic heterocycles. The lowest BCUT2D eigenvalue weighted by Crippen LogP contribution is -2.52. The molecule has 0 bridgehead atoms. The van der Waals surface area contributed by atoms with Gasteiger partial charge in [0, 0.05) is 17.0 Å². The van der Waals surface area contributed by atoms with Crippen molar-refractivity contribution in [1.29, 1.82) is 0 Å². The van der Waals surface area contributed by atoms with Crippen LogP contribution in [-0.2, 0) is 6.18 Å². The number of hydrogen-bond acceptors (Lipinski definition) is 3. The quantitative estimate of drug-likeness (QED) is 0.770. The highest BCUT2D eigenvalue weighted by Gasteiger charge is 2.34. The summed E-state index contributed by atoms with van der Waals surface area (Å²) in [5.41, 5.74) is -0.387. The van der Waals surface area contributed by atoms with Crippen LogP contribution in [0.3, 0.4) is 0 Å². The van der Waals surface area contributed by atoms with Crippen LogP contribution < -0.4 is 5.32 Å². The van der Waals surface area contributed by atoms with Gasteiger partial charge in [0.05, 0.1) is 11.1 Å². The Labute approximate surface area is 156 Å². The average Bonchev–Trinajstić information content (AvgIpc) is 3.15. The van der Waals surface area contributed by atoms with Crippen molar-refractivity contribution in [2.75, 3.05) is 19.3 Å². The first-order valence-electron chi connectivity index (χ1n) is 9.20. The number of carbonyl (C=O) groups is 1. The molecule has 3 rings (SSSR count). The molecule has 1 aliphatic heterocycles. The van der Waals surface area contributed by atoms with Gasteiger partial charge in [-0.3, -0.25) is 9.69 Å². The lowest BCUT2D eigenvalue weighted by Gasteiger charge is -2.38. The molecular formula is C19H25F3N2OS. The summed E-state index contributed by atoms with van der Waals surface area (Å²) < 4.78 is 38.8. The number of nitrogens with one attached hydrogen (secondary N) is 1. The Hall–Kier alpha value is -1.21. The standard InChI is InChI=1S/C19H25F3N2OS/c1-26-17-12-13(19(20,21)22)8-9-14(17)18(25)23-15-6-2-3-7-16(15)24-10-4-5-11-24/h8-9,12,15-16H,2-7,10-11H2,1H3,(H,23,25)/t15-,16-/m1/s1. The Kier molecular flexibility index (Phi) is 6.17. The largest absolute Gasteiger partial charge is 0.416 e. The zero-order valence-electron chi connectivity index (χ0n) is 14.9. The second-order valence-electron chi connectivity index (χ2n) is 7.09. The summed E-state index contributed by atoms with van der Waals surface area (Å²) in [6, 6.07) is 3.79. The van der Waals surface area contributed by atoms with Crippen molar-refractivity contribution in [2.24, 2.45) is 0 Å². The minimum Gasteiger partial charge on any atom is -0.348 e. The summed E-state index contributed by atoms with van der Waals surface area (Å²) >= 11 is 1.17. The van der Waals surface area contributed by atoms with E-state index < -0.39 is 11.7 Å². The van der Waals surface area contributed by atoms with Crippen LogP contribution in [-0.4, -0.2) is 42.2 Å². The Morgan fingerprint density at radius 3 is 2.50 bits per heavy atom. The van der Waals surface area contributed by atoms with Crippen molar-refractivity contribution in [3.63, 3.8) is 0 Å². The van der Waals surface area contributed by atoms with E-state index in [0.29, 0.717) is 16.5 Å². The van der Waals surface area contributed by atoms with Crippen LogP contribution in [0, 0.1) is 0 Å². The van der Waals surface area contributed by atoms with Crippen molar-refractivity contribution in [1.82, 2.24) is 10.2 Å². The Bertz CT molecular complexity index is 644. The summed E-state index contributed by atoms with van der Waals surface area (Å²) in [5.74, 6) is -0.265. The Morgan fingerprint density at radius 2 is 1.85 bits per heavy atom. The minimum atomic E-state index is -4.40.